The summed E-state index contributed by atoms with van der Waals surface area (Å²) in [4.78, 5) is 13.8. The van der Waals surface area contributed by atoms with Gasteiger partial charge in [-0.25, -0.2) is 8.78 Å². The highest BCUT2D eigenvalue weighted by molar-refractivity contribution is 5.94. The van der Waals surface area contributed by atoms with Gasteiger partial charge >= 0.3 is 0 Å². The van der Waals surface area contributed by atoms with E-state index in [0.29, 0.717) is 6.54 Å². The van der Waals surface area contributed by atoms with Crippen molar-refractivity contribution in [3.8, 4) is 0 Å². The van der Waals surface area contributed by atoms with Crippen LogP contribution in [0.5, 0.6) is 0 Å². The molecule has 0 aliphatic carbocycles. The number of unbranched alkanes of at least 4 members (excludes halogenated alkanes) is 1. The van der Waals surface area contributed by atoms with Crippen LogP contribution in [0.2, 0.25) is 0 Å². The lowest BCUT2D eigenvalue weighted by Gasteiger charge is -2.10. The maximum absolute atomic E-state index is 13.5. The topological polar surface area (TPSA) is 44.4 Å². The van der Waals surface area contributed by atoms with Gasteiger partial charge in [0.15, 0.2) is 0 Å². The summed E-state index contributed by atoms with van der Waals surface area (Å²) in [5.74, 6) is -2.01. The molecule has 0 fully saturated rings. The number of halogens is 2. The third-order valence-corrected chi connectivity index (χ3v) is 2.87. The van der Waals surface area contributed by atoms with Crippen LogP contribution in [0.1, 0.15) is 23.2 Å². The zero-order valence-corrected chi connectivity index (χ0v) is 12.1. The Hall–Kier alpha value is -1.69. The molecule has 0 aromatic heterocycles. The van der Waals surface area contributed by atoms with Gasteiger partial charge in [-0.2, -0.15) is 0 Å². The van der Waals surface area contributed by atoms with Gasteiger partial charge in [0, 0.05) is 19.2 Å². The molecule has 1 aromatic carbocycles. The van der Waals surface area contributed by atoms with E-state index in [1.54, 1.807) is 0 Å². The Balaban J connectivity index is 2.52. The van der Waals surface area contributed by atoms with Crippen molar-refractivity contribution in [2.24, 2.45) is 0 Å². The summed E-state index contributed by atoms with van der Waals surface area (Å²) in [5.41, 5.74) is -0.237. The molecule has 6 heteroatoms. The van der Waals surface area contributed by atoms with Crippen LogP contribution in [0.25, 0.3) is 0 Å². The van der Waals surface area contributed by atoms with E-state index in [1.165, 1.54) is 7.05 Å². The van der Waals surface area contributed by atoms with Crippen LogP contribution in [0, 0.1) is 11.6 Å². The van der Waals surface area contributed by atoms with Crippen LogP contribution in [0.3, 0.4) is 0 Å². The summed E-state index contributed by atoms with van der Waals surface area (Å²) in [6.45, 7) is 1.43. The Morgan fingerprint density at radius 3 is 2.30 bits per heavy atom. The molecular formula is C14H21F2N3O. The third-order valence-electron chi connectivity index (χ3n) is 2.87. The lowest BCUT2D eigenvalue weighted by Crippen LogP contribution is -2.25. The fourth-order valence-corrected chi connectivity index (χ4v) is 1.80. The van der Waals surface area contributed by atoms with Gasteiger partial charge in [-0.3, -0.25) is 4.79 Å². The maximum Gasteiger partial charge on any atom is 0.251 e. The Labute approximate surface area is 118 Å². The average Bonchev–Trinajstić information content (AvgIpc) is 2.37. The molecule has 20 heavy (non-hydrogen) atoms. The SMILES string of the molecule is CNc1c(F)cc(C(=O)NCCCCN(C)C)cc1F. The van der Waals surface area contributed by atoms with Crippen molar-refractivity contribution in [1.29, 1.82) is 0 Å². The summed E-state index contributed by atoms with van der Waals surface area (Å²) < 4.78 is 27.0. The largest absolute Gasteiger partial charge is 0.383 e. The van der Waals surface area contributed by atoms with Crippen molar-refractivity contribution in [2.75, 3.05) is 39.5 Å². The molecular weight excluding hydrogens is 264 g/mol. The number of hydrogen-bond acceptors (Lipinski definition) is 3. The monoisotopic (exact) mass is 285 g/mol. The molecule has 0 saturated heterocycles. The van der Waals surface area contributed by atoms with Crippen LogP contribution >= 0.6 is 0 Å². The number of amides is 1. The van der Waals surface area contributed by atoms with Crippen molar-refractivity contribution in [1.82, 2.24) is 10.2 Å². The number of rotatable bonds is 7. The first-order chi connectivity index (χ1) is 9.45. The van der Waals surface area contributed by atoms with Gasteiger partial charge in [0.2, 0.25) is 0 Å². The molecule has 0 aliphatic heterocycles. The lowest BCUT2D eigenvalue weighted by molar-refractivity contribution is 0.0952. The molecule has 1 rings (SSSR count). The summed E-state index contributed by atoms with van der Waals surface area (Å²) >= 11 is 0. The average molecular weight is 285 g/mol. The number of benzene rings is 1. The molecule has 112 valence electrons. The number of carbonyl (C=O) groups excluding carboxylic acids is 1. The van der Waals surface area contributed by atoms with Crippen LogP contribution < -0.4 is 10.6 Å². The van der Waals surface area contributed by atoms with Crippen LogP contribution in [-0.2, 0) is 0 Å². The fraction of sp³-hybridized carbons (Fsp3) is 0.500. The fourth-order valence-electron chi connectivity index (χ4n) is 1.80. The normalized spacial score (nSPS) is 10.7. The molecule has 0 atom stereocenters. The van der Waals surface area contributed by atoms with E-state index in [1.807, 2.05) is 14.1 Å². The van der Waals surface area contributed by atoms with E-state index in [-0.39, 0.29) is 11.3 Å². The highest BCUT2D eigenvalue weighted by Crippen LogP contribution is 2.20. The molecule has 1 aromatic rings. The first-order valence-electron chi connectivity index (χ1n) is 6.55. The highest BCUT2D eigenvalue weighted by Gasteiger charge is 2.13. The van der Waals surface area contributed by atoms with E-state index in [4.69, 9.17) is 0 Å². The molecule has 0 unspecified atom stereocenters. The van der Waals surface area contributed by atoms with Gasteiger partial charge in [0.1, 0.15) is 17.3 Å². The minimum atomic E-state index is -0.773. The summed E-state index contributed by atoms with van der Waals surface area (Å²) in [5, 5.41) is 5.07. The van der Waals surface area contributed by atoms with Crippen LogP contribution in [-0.4, -0.2) is 45.0 Å². The highest BCUT2D eigenvalue weighted by atomic mass is 19.1. The first kappa shape index (κ1) is 16.4. The minimum Gasteiger partial charge on any atom is -0.383 e. The molecule has 0 radical (unpaired) electrons. The number of nitrogens with zero attached hydrogens (tertiary/aromatic N) is 1. The summed E-state index contributed by atoms with van der Waals surface area (Å²) in [6.07, 6.45) is 1.78. The maximum atomic E-state index is 13.5. The van der Waals surface area contributed by atoms with Gasteiger partial charge in [-0.15, -0.1) is 0 Å². The Morgan fingerprint density at radius 2 is 1.80 bits per heavy atom. The van der Waals surface area contributed by atoms with Gasteiger partial charge in [0.25, 0.3) is 5.91 Å². The van der Waals surface area contributed by atoms with E-state index in [9.17, 15) is 13.6 Å². The Bertz CT molecular complexity index is 441. The molecule has 4 nitrogen and oxygen atoms in total. The van der Waals surface area contributed by atoms with E-state index in [2.05, 4.69) is 15.5 Å². The zero-order valence-electron chi connectivity index (χ0n) is 12.1. The second-order valence-electron chi connectivity index (χ2n) is 4.83. The number of carbonyl (C=O) groups is 1. The van der Waals surface area contributed by atoms with Gasteiger partial charge in [-0.1, -0.05) is 0 Å². The quantitative estimate of drug-likeness (QED) is 0.754. The minimum absolute atomic E-state index is 0.00777. The van der Waals surface area contributed by atoms with Crippen molar-refractivity contribution >= 4 is 11.6 Å². The van der Waals surface area contributed by atoms with Crippen molar-refractivity contribution in [2.45, 2.75) is 12.8 Å². The van der Waals surface area contributed by atoms with Crippen molar-refractivity contribution in [3.05, 3.63) is 29.3 Å². The summed E-state index contributed by atoms with van der Waals surface area (Å²) in [6, 6.07) is 2.06. The molecule has 0 aliphatic rings. The van der Waals surface area contributed by atoms with Gasteiger partial charge in [-0.05, 0) is 45.6 Å². The zero-order chi connectivity index (χ0) is 15.1. The van der Waals surface area contributed by atoms with E-state index in [0.717, 1.165) is 31.5 Å². The first-order valence-corrected chi connectivity index (χ1v) is 6.55. The third kappa shape index (κ3) is 4.77. The number of anilines is 1. The Kier molecular flexibility index (Phi) is 6.38. The predicted molar refractivity (Wildman–Crippen MR) is 76.0 cm³/mol. The standard InChI is InChI=1S/C14H21F2N3O/c1-17-13-11(15)8-10(9-12(13)16)14(20)18-6-4-5-7-19(2)3/h8-9,17H,4-7H2,1-3H3,(H,18,20). The molecule has 0 saturated carbocycles. The van der Waals surface area contributed by atoms with Gasteiger partial charge in [0.05, 0.1) is 0 Å². The van der Waals surface area contributed by atoms with E-state index >= 15 is 0 Å². The van der Waals surface area contributed by atoms with Crippen LogP contribution in [0.4, 0.5) is 14.5 Å². The van der Waals surface area contributed by atoms with Gasteiger partial charge < -0.3 is 15.5 Å². The number of hydrogen-bond donors (Lipinski definition) is 2. The molecule has 0 spiro atoms. The number of nitrogens with one attached hydrogen (secondary N) is 2. The Morgan fingerprint density at radius 1 is 1.20 bits per heavy atom. The van der Waals surface area contributed by atoms with E-state index < -0.39 is 17.5 Å². The smallest absolute Gasteiger partial charge is 0.251 e. The van der Waals surface area contributed by atoms with Crippen LogP contribution in [0.15, 0.2) is 12.1 Å². The second-order valence-corrected chi connectivity index (χ2v) is 4.83. The molecule has 0 heterocycles. The molecule has 0 bridgehead atoms. The predicted octanol–water partition coefficient (Wildman–Crippen LogP) is 2.08. The second kappa shape index (κ2) is 7.79. The van der Waals surface area contributed by atoms with Crippen molar-refractivity contribution < 1.29 is 13.6 Å². The van der Waals surface area contributed by atoms with Crippen molar-refractivity contribution in [3.63, 3.8) is 0 Å². The molecule has 1 amide bonds. The summed E-state index contributed by atoms with van der Waals surface area (Å²) in [7, 11) is 5.38. The molecule has 2 N–H and O–H groups in total. The lowest BCUT2D eigenvalue weighted by atomic mass is 10.1.